The largest absolute Gasteiger partial charge is 0.342 e. The molecule has 0 heterocycles. The van der Waals surface area contributed by atoms with Gasteiger partial charge < -0.3 is 10.2 Å². The van der Waals surface area contributed by atoms with E-state index in [1.807, 2.05) is 23.9 Å². The van der Waals surface area contributed by atoms with Crippen LogP contribution in [0.4, 0.5) is 0 Å². The lowest BCUT2D eigenvalue weighted by Crippen LogP contribution is -3.09. The van der Waals surface area contributed by atoms with E-state index in [0.29, 0.717) is 0 Å². The van der Waals surface area contributed by atoms with E-state index >= 15 is 0 Å². The third-order valence-corrected chi connectivity index (χ3v) is 3.83. The van der Waals surface area contributed by atoms with Crippen LogP contribution in [0.3, 0.4) is 0 Å². The molecule has 3 N–H and O–H groups in total. The molecule has 0 aliphatic carbocycles. The van der Waals surface area contributed by atoms with Crippen molar-refractivity contribution in [3.05, 3.63) is 29.3 Å². The number of hydrogen-bond acceptors (Lipinski definition) is 1. The zero-order valence-electron chi connectivity index (χ0n) is 10.7. The van der Waals surface area contributed by atoms with Gasteiger partial charge in [-0.1, -0.05) is 11.6 Å². The summed E-state index contributed by atoms with van der Waals surface area (Å²) in [7, 11) is 4.40. The maximum absolute atomic E-state index is 5.84. The Morgan fingerprint density at radius 1 is 1.18 bits per heavy atom. The van der Waals surface area contributed by atoms with Crippen molar-refractivity contribution in [3.63, 3.8) is 0 Å². The Balaban J connectivity index is 1.99. The van der Waals surface area contributed by atoms with Crippen molar-refractivity contribution in [1.29, 1.82) is 0 Å². The number of nitrogens with two attached hydrogens (primary N) is 1. The van der Waals surface area contributed by atoms with Gasteiger partial charge in [0, 0.05) is 22.1 Å². The van der Waals surface area contributed by atoms with Gasteiger partial charge in [-0.3, -0.25) is 0 Å². The van der Waals surface area contributed by atoms with E-state index in [9.17, 15) is 0 Å². The molecule has 0 saturated carbocycles. The first-order valence-corrected chi connectivity index (χ1v) is 7.54. The summed E-state index contributed by atoms with van der Waals surface area (Å²) in [5, 5.41) is 3.23. The maximum atomic E-state index is 5.84. The molecule has 0 fully saturated rings. The molecule has 0 saturated heterocycles. The normalized spacial score (nSPS) is 11.1. The summed E-state index contributed by atoms with van der Waals surface area (Å²) in [6.45, 7) is 3.70. The Morgan fingerprint density at radius 2 is 1.88 bits per heavy atom. The number of nitrogens with one attached hydrogen (secondary N) is 1. The molecule has 2 nitrogen and oxygen atoms in total. The Labute approximate surface area is 114 Å². The highest BCUT2D eigenvalue weighted by atomic mass is 35.5. The predicted molar refractivity (Wildman–Crippen MR) is 76.1 cm³/mol. The smallest absolute Gasteiger partial charge is 0.126 e. The number of likely N-dealkylation sites (N-methyl/N-ethyl adjacent to an activating group) is 1. The molecular weight excluding hydrogens is 252 g/mol. The van der Waals surface area contributed by atoms with E-state index in [2.05, 4.69) is 31.5 Å². The first-order chi connectivity index (χ1) is 8.18. The number of benzene rings is 1. The molecule has 0 aliphatic heterocycles. The highest BCUT2D eigenvalue weighted by molar-refractivity contribution is 7.99. The van der Waals surface area contributed by atoms with E-state index in [1.54, 1.807) is 0 Å². The van der Waals surface area contributed by atoms with Crippen molar-refractivity contribution < 1.29 is 10.2 Å². The SMILES string of the molecule is C[NH+](C)CC[NH2+]CCCSc1ccc(Cl)cc1. The van der Waals surface area contributed by atoms with Gasteiger partial charge in [0.15, 0.2) is 0 Å². The fraction of sp³-hybridized carbons (Fsp3) is 0.538. The van der Waals surface area contributed by atoms with Gasteiger partial charge >= 0.3 is 0 Å². The molecule has 17 heavy (non-hydrogen) atoms. The van der Waals surface area contributed by atoms with Crippen LogP contribution in [0, 0.1) is 0 Å². The van der Waals surface area contributed by atoms with Crippen LogP contribution >= 0.6 is 23.4 Å². The minimum atomic E-state index is 0.814. The zero-order chi connectivity index (χ0) is 12.5. The molecule has 0 aromatic heterocycles. The van der Waals surface area contributed by atoms with Gasteiger partial charge in [0.25, 0.3) is 0 Å². The van der Waals surface area contributed by atoms with Gasteiger partial charge in [-0.2, -0.15) is 0 Å². The molecule has 0 amide bonds. The van der Waals surface area contributed by atoms with Gasteiger partial charge in [0.2, 0.25) is 0 Å². The van der Waals surface area contributed by atoms with Crippen molar-refractivity contribution in [2.45, 2.75) is 11.3 Å². The number of halogens is 1. The first-order valence-electron chi connectivity index (χ1n) is 6.17. The zero-order valence-corrected chi connectivity index (χ0v) is 12.3. The third kappa shape index (κ3) is 7.66. The van der Waals surface area contributed by atoms with Crippen LogP contribution in [0.1, 0.15) is 6.42 Å². The summed E-state index contributed by atoms with van der Waals surface area (Å²) < 4.78 is 0. The van der Waals surface area contributed by atoms with Crippen molar-refractivity contribution >= 4 is 23.4 Å². The Hall–Kier alpha value is -0.220. The van der Waals surface area contributed by atoms with Crippen molar-refractivity contribution in [1.82, 2.24) is 0 Å². The molecule has 0 radical (unpaired) electrons. The molecular formula is C13H23ClN2S+2. The van der Waals surface area contributed by atoms with E-state index < -0.39 is 0 Å². The van der Waals surface area contributed by atoms with Gasteiger partial charge in [-0.05, 0) is 24.3 Å². The molecule has 0 atom stereocenters. The molecule has 0 bridgehead atoms. The topological polar surface area (TPSA) is 21.1 Å². The van der Waals surface area contributed by atoms with Gasteiger partial charge in [-0.25, -0.2) is 0 Å². The lowest BCUT2D eigenvalue weighted by atomic mass is 10.4. The van der Waals surface area contributed by atoms with Gasteiger partial charge in [-0.15, -0.1) is 11.8 Å². The Morgan fingerprint density at radius 3 is 2.53 bits per heavy atom. The average Bonchev–Trinajstić information content (AvgIpc) is 2.30. The highest BCUT2D eigenvalue weighted by Gasteiger charge is 1.97. The molecule has 1 aromatic carbocycles. The molecule has 4 heteroatoms. The number of quaternary nitrogens is 2. The van der Waals surface area contributed by atoms with Crippen molar-refractivity contribution in [2.75, 3.05) is 39.5 Å². The van der Waals surface area contributed by atoms with Crippen LogP contribution in [0.25, 0.3) is 0 Å². The summed E-state index contributed by atoms with van der Waals surface area (Å²) in [5.41, 5.74) is 0. The Bertz CT molecular complexity index is 301. The molecule has 1 aromatic rings. The first kappa shape index (κ1) is 14.8. The number of hydrogen-bond donors (Lipinski definition) is 2. The van der Waals surface area contributed by atoms with Crippen LogP contribution in [-0.2, 0) is 0 Å². The quantitative estimate of drug-likeness (QED) is 0.524. The van der Waals surface area contributed by atoms with E-state index in [1.165, 1.54) is 41.6 Å². The molecule has 1 rings (SSSR count). The second-order valence-electron chi connectivity index (χ2n) is 4.48. The van der Waals surface area contributed by atoms with Crippen LogP contribution in [0.2, 0.25) is 5.02 Å². The average molecular weight is 275 g/mol. The van der Waals surface area contributed by atoms with Crippen molar-refractivity contribution in [2.24, 2.45) is 0 Å². The second kappa shape index (κ2) is 8.81. The monoisotopic (exact) mass is 274 g/mol. The second-order valence-corrected chi connectivity index (χ2v) is 6.08. The summed E-state index contributed by atoms with van der Waals surface area (Å²) in [4.78, 5) is 2.84. The van der Waals surface area contributed by atoms with Gasteiger partial charge in [0.1, 0.15) is 13.1 Å². The lowest BCUT2D eigenvalue weighted by Gasteiger charge is -2.06. The molecule has 96 valence electrons. The third-order valence-electron chi connectivity index (χ3n) is 2.48. The highest BCUT2D eigenvalue weighted by Crippen LogP contribution is 2.20. The Kier molecular flexibility index (Phi) is 7.69. The van der Waals surface area contributed by atoms with Crippen LogP contribution in [0.5, 0.6) is 0 Å². The van der Waals surface area contributed by atoms with Crippen LogP contribution < -0.4 is 10.2 Å². The summed E-state index contributed by atoms with van der Waals surface area (Å²) in [6.07, 6.45) is 1.26. The number of rotatable bonds is 8. The fourth-order valence-electron chi connectivity index (χ4n) is 1.48. The van der Waals surface area contributed by atoms with E-state index in [4.69, 9.17) is 11.6 Å². The standard InChI is InChI=1S/C13H21ClN2S/c1-16(2)10-9-15-8-3-11-17-13-6-4-12(14)5-7-13/h4-7,15H,3,8-11H2,1-2H3/p+2. The van der Waals surface area contributed by atoms with Crippen molar-refractivity contribution in [3.8, 4) is 0 Å². The van der Waals surface area contributed by atoms with E-state index in [-0.39, 0.29) is 0 Å². The minimum absolute atomic E-state index is 0.814. The summed E-state index contributed by atoms with van der Waals surface area (Å²) in [5.74, 6) is 1.19. The molecule has 0 unspecified atom stereocenters. The van der Waals surface area contributed by atoms with Crippen LogP contribution in [0.15, 0.2) is 29.2 Å². The predicted octanol–water partition coefficient (Wildman–Crippen LogP) is 0.530. The van der Waals surface area contributed by atoms with Crippen LogP contribution in [-0.4, -0.2) is 39.5 Å². The van der Waals surface area contributed by atoms with E-state index in [0.717, 1.165) is 5.02 Å². The maximum Gasteiger partial charge on any atom is 0.126 e. The minimum Gasteiger partial charge on any atom is -0.342 e. The summed E-state index contributed by atoms with van der Waals surface area (Å²) >= 11 is 7.75. The van der Waals surface area contributed by atoms with Gasteiger partial charge in [0.05, 0.1) is 20.6 Å². The summed E-state index contributed by atoms with van der Waals surface area (Å²) in [6, 6.07) is 8.09. The number of thioether (sulfide) groups is 1. The molecule has 0 aliphatic rings. The fourth-order valence-corrected chi connectivity index (χ4v) is 2.48. The lowest BCUT2D eigenvalue weighted by molar-refractivity contribution is -0.874. The molecule has 0 spiro atoms.